The van der Waals surface area contributed by atoms with Gasteiger partial charge in [0.05, 0.1) is 6.61 Å². The fraction of sp³-hybridized carbons (Fsp3) is 0.909. The van der Waals surface area contributed by atoms with Crippen molar-refractivity contribution in [3.05, 3.63) is 0 Å². The van der Waals surface area contributed by atoms with Crippen LogP contribution in [0.15, 0.2) is 0 Å². The van der Waals surface area contributed by atoms with Gasteiger partial charge in [-0.2, -0.15) is 0 Å². The van der Waals surface area contributed by atoms with Crippen molar-refractivity contribution >= 4 is 18.3 Å². The first kappa shape index (κ1) is 13.7. The monoisotopic (exact) mass is 248 g/mol. The van der Waals surface area contributed by atoms with E-state index in [1.165, 1.54) is 12.8 Å². The minimum Gasteiger partial charge on any atom is -0.366 e. The summed E-state index contributed by atoms with van der Waals surface area (Å²) in [4.78, 5) is 13.9. The highest BCUT2D eigenvalue weighted by Crippen LogP contribution is 2.23. The van der Waals surface area contributed by atoms with Gasteiger partial charge in [-0.05, 0) is 12.8 Å². The molecule has 1 heterocycles. The Balaban J connectivity index is 0.00000128. The van der Waals surface area contributed by atoms with E-state index in [2.05, 4.69) is 5.32 Å². The number of likely N-dealkylation sites (N-methyl/N-ethyl adjacent to an activating group) is 1. The molecule has 16 heavy (non-hydrogen) atoms. The lowest BCUT2D eigenvalue weighted by atomic mass is 10.2. The zero-order valence-electron chi connectivity index (χ0n) is 9.78. The highest BCUT2D eigenvalue weighted by atomic mass is 35.5. The lowest BCUT2D eigenvalue weighted by Gasteiger charge is -2.30. The second-order valence-corrected chi connectivity index (χ2v) is 4.45. The number of rotatable bonds is 2. The third-order valence-electron chi connectivity index (χ3n) is 3.42. The minimum absolute atomic E-state index is 0. The number of morpholine rings is 1. The minimum atomic E-state index is -0.260. The van der Waals surface area contributed by atoms with Gasteiger partial charge >= 0.3 is 0 Å². The van der Waals surface area contributed by atoms with Crippen molar-refractivity contribution in [3.63, 3.8) is 0 Å². The van der Waals surface area contributed by atoms with Gasteiger partial charge in [0, 0.05) is 26.2 Å². The van der Waals surface area contributed by atoms with E-state index in [0.29, 0.717) is 19.2 Å². The zero-order chi connectivity index (χ0) is 10.7. The van der Waals surface area contributed by atoms with Crippen molar-refractivity contribution in [2.45, 2.75) is 37.8 Å². The molecule has 1 saturated carbocycles. The number of nitrogens with one attached hydrogen (secondary N) is 1. The molecule has 1 aliphatic heterocycles. The van der Waals surface area contributed by atoms with E-state index < -0.39 is 0 Å². The molecule has 2 aliphatic rings. The molecule has 2 rings (SSSR count). The summed E-state index contributed by atoms with van der Waals surface area (Å²) < 4.78 is 5.47. The molecule has 5 heteroatoms. The van der Waals surface area contributed by atoms with Crippen molar-refractivity contribution in [2.75, 3.05) is 26.7 Å². The van der Waals surface area contributed by atoms with Gasteiger partial charge in [0.2, 0.25) is 0 Å². The number of halogens is 1. The van der Waals surface area contributed by atoms with E-state index in [1.54, 1.807) is 0 Å². The Morgan fingerprint density at radius 2 is 2.06 bits per heavy atom. The Hall–Kier alpha value is -0.320. The Morgan fingerprint density at radius 3 is 2.62 bits per heavy atom. The number of carbonyl (C=O) groups excluding carboxylic acids is 1. The van der Waals surface area contributed by atoms with Gasteiger partial charge in [0.25, 0.3) is 5.91 Å². The Morgan fingerprint density at radius 1 is 1.38 bits per heavy atom. The zero-order valence-corrected chi connectivity index (χ0v) is 10.6. The molecule has 1 aliphatic carbocycles. The van der Waals surface area contributed by atoms with Crippen LogP contribution in [0, 0.1) is 0 Å². The third kappa shape index (κ3) is 3.09. The Kier molecular flexibility index (Phi) is 5.52. The topological polar surface area (TPSA) is 41.6 Å². The van der Waals surface area contributed by atoms with Crippen LogP contribution in [-0.4, -0.2) is 49.7 Å². The standard InChI is InChI=1S/C11H20N2O2.ClH/c1-13(9-4-2-3-5-9)11(14)10-8-12-6-7-15-10;/h9-10,12H,2-8H2,1H3;1H/t10-;/m0./s1. The van der Waals surface area contributed by atoms with Gasteiger partial charge in [-0.1, -0.05) is 12.8 Å². The molecule has 0 aromatic heterocycles. The first-order valence-corrected chi connectivity index (χ1v) is 5.88. The largest absolute Gasteiger partial charge is 0.366 e. The number of hydrogen-bond donors (Lipinski definition) is 1. The Labute approximate surface area is 103 Å². The van der Waals surface area contributed by atoms with Crippen LogP contribution in [0.2, 0.25) is 0 Å². The van der Waals surface area contributed by atoms with Gasteiger partial charge in [-0.3, -0.25) is 4.79 Å². The molecule has 94 valence electrons. The summed E-state index contributed by atoms with van der Waals surface area (Å²) in [6.07, 6.45) is 4.56. The number of amides is 1. The summed E-state index contributed by atoms with van der Waals surface area (Å²) in [5, 5.41) is 3.19. The number of nitrogens with zero attached hydrogens (tertiary/aromatic N) is 1. The van der Waals surface area contributed by atoms with Gasteiger partial charge in [-0.15, -0.1) is 12.4 Å². The van der Waals surface area contributed by atoms with Crippen LogP contribution in [0.1, 0.15) is 25.7 Å². The number of carbonyl (C=O) groups is 1. The third-order valence-corrected chi connectivity index (χ3v) is 3.42. The quantitative estimate of drug-likeness (QED) is 0.786. The summed E-state index contributed by atoms with van der Waals surface area (Å²) in [6, 6.07) is 0.447. The van der Waals surface area contributed by atoms with Crippen LogP contribution in [0.3, 0.4) is 0 Å². The summed E-state index contributed by atoms with van der Waals surface area (Å²) in [6.45, 7) is 2.17. The van der Waals surface area contributed by atoms with Crippen LogP contribution in [0.5, 0.6) is 0 Å². The summed E-state index contributed by atoms with van der Waals surface area (Å²) >= 11 is 0. The maximum Gasteiger partial charge on any atom is 0.253 e. The van der Waals surface area contributed by atoms with E-state index in [0.717, 1.165) is 19.4 Å². The fourth-order valence-corrected chi connectivity index (χ4v) is 2.42. The molecule has 0 aromatic carbocycles. The molecule has 1 atom stereocenters. The molecular formula is C11H21ClN2O2. The fourth-order valence-electron chi connectivity index (χ4n) is 2.42. The van der Waals surface area contributed by atoms with Crippen LogP contribution in [0.4, 0.5) is 0 Å². The molecule has 1 amide bonds. The predicted molar refractivity (Wildman–Crippen MR) is 64.9 cm³/mol. The summed E-state index contributed by atoms with van der Waals surface area (Å²) in [7, 11) is 1.91. The van der Waals surface area contributed by atoms with Gasteiger partial charge in [0.1, 0.15) is 6.10 Å². The number of ether oxygens (including phenoxy) is 1. The summed E-state index contributed by atoms with van der Waals surface area (Å²) in [5.74, 6) is 0.147. The normalized spacial score (nSPS) is 26.2. The average Bonchev–Trinajstić information content (AvgIpc) is 2.82. The van der Waals surface area contributed by atoms with Crippen LogP contribution < -0.4 is 5.32 Å². The molecule has 0 spiro atoms. The van der Waals surface area contributed by atoms with E-state index in [9.17, 15) is 4.79 Å². The maximum absolute atomic E-state index is 12.0. The first-order valence-electron chi connectivity index (χ1n) is 5.88. The van der Waals surface area contributed by atoms with E-state index >= 15 is 0 Å². The van der Waals surface area contributed by atoms with Crippen LogP contribution in [0.25, 0.3) is 0 Å². The van der Waals surface area contributed by atoms with Crippen LogP contribution in [-0.2, 0) is 9.53 Å². The van der Waals surface area contributed by atoms with Crippen molar-refractivity contribution in [3.8, 4) is 0 Å². The predicted octanol–water partition coefficient (Wildman–Crippen LogP) is 0.798. The van der Waals surface area contributed by atoms with Crippen molar-refractivity contribution in [2.24, 2.45) is 0 Å². The maximum atomic E-state index is 12.0. The van der Waals surface area contributed by atoms with Crippen molar-refractivity contribution in [1.82, 2.24) is 10.2 Å². The molecule has 0 aromatic rings. The van der Waals surface area contributed by atoms with Gasteiger partial charge in [-0.25, -0.2) is 0 Å². The Bertz CT molecular complexity index is 226. The smallest absolute Gasteiger partial charge is 0.253 e. The van der Waals surface area contributed by atoms with Crippen LogP contribution >= 0.6 is 12.4 Å². The molecule has 1 saturated heterocycles. The molecule has 2 fully saturated rings. The lowest BCUT2D eigenvalue weighted by molar-refractivity contribution is -0.145. The molecule has 0 bridgehead atoms. The van der Waals surface area contributed by atoms with E-state index in [1.807, 2.05) is 11.9 Å². The summed E-state index contributed by atoms with van der Waals surface area (Å²) in [5.41, 5.74) is 0. The molecular weight excluding hydrogens is 228 g/mol. The van der Waals surface area contributed by atoms with Gasteiger partial charge in [0.15, 0.2) is 0 Å². The van der Waals surface area contributed by atoms with Crippen molar-refractivity contribution in [1.29, 1.82) is 0 Å². The second kappa shape index (κ2) is 6.42. The molecule has 4 nitrogen and oxygen atoms in total. The van der Waals surface area contributed by atoms with Crippen molar-refractivity contribution < 1.29 is 9.53 Å². The SMILES string of the molecule is CN(C(=O)[C@@H]1CNCCO1)C1CCCC1.Cl. The molecule has 0 radical (unpaired) electrons. The average molecular weight is 249 g/mol. The highest BCUT2D eigenvalue weighted by Gasteiger charge is 2.30. The number of hydrogen-bond acceptors (Lipinski definition) is 3. The van der Waals surface area contributed by atoms with E-state index in [-0.39, 0.29) is 24.4 Å². The highest BCUT2D eigenvalue weighted by molar-refractivity contribution is 5.85. The second-order valence-electron chi connectivity index (χ2n) is 4.45. The van der Waals surface area contributed by atoms with Gasteiger partial charge < -0.3 is 15.0 Å². The first-order chi connectivity index (χ1) is 7.29. The molecule has 0 unspecified atom stereocenters. The lowest BCUT2D eigenvalue weighted by Crippen LogP contribution is -2.50. The van der Waals surface area contributed by atoms with E-state index in [4.69, 9.17) is 4.74 Å². The molecule has 1 N–H and O–H groups in total.